The van der Waals surface area contributed by atoms with Crippen LogP contribution < -0.4 is 16.4 Å². The lowest BCUT2D eigenvalue weighted by Crippen LogP contribution is -2.34. The van der Waals surface area contributed by atoms with Gasteiger partial charge in [-0.05, 0) is 11.6 Å². The number of hydrogen-bond donors (Lipinski definition) is 3. The predicted molar refractivity (Wildman–Crippen MR) is 82.1 cm³/mol. The Kier molecular flexibility index (Phi) is 3.38. The summed E-state index contributed by atoms with van der Waals surface area (Å²) in [5.41, 5.74) is 8.07. The number of rotatable bonds is 2. The van der Waals surface area contributed by atoms with E-state index in [0.717, 1.165) is 5.56 Å². The second kappa shape index (κ2) is 5.38. The van der Waals surface area contributed by atoms with E-state index in [2.05, 4.69) is 10.6 Å². The summed E-state index contributed by atoms with van der Waals surface area (Å²) in [5, 5.41) is 14.5. The highest BCUT2D eigenvalue weighted by atomic mass is 16.5. The monoisotopic (exact) mass is 311 g/mol. The first kappa shape index (κ1) is 14.5. The Bertz CT molecular complexity index is 863. The third-order valence-corrected chi connectivity index (χ3v) is 3.61. The Hall–Kier alpha value is -3.47. The Morgan fingerprint density at radius 2 is 2.26 bits per heavy atom. The molecule has 3 rings (SSSR count). The maximum Gasteiger partial charge on any atom is 0.357 e. The molecule has 1 aromatic heterocycles. The van der Waals surface area contributed by atoms with Gasteiger partial charge in [-0.2, -0.15) is 5.26 Å². The van der Waals surface area contributed by atoms with Gasteiger partial charge in [0.2, 0.25) is 0 Å². The van der Waals surface area contributed by atoms with Crippen LogP contribution in [0.25, 0.3) is 5.69 Å². The van der Waals surface area contributed by atoms with Gasteiger partial charge in [0, 0.05) is 12.7 Å². The van der Waals surface area contributed by atoms with Crippen LogP contribution in [0.4, 0.5) is 16.2 Å². The van der Waals surface area contributed by atoms with Crippen molar-refractivity contribution >= 4 is 23.4 Å². The van der Waals surface area contributed by atoms with Crippen LogP contribution in [0.15, 0.2) is 24.4 Å². The van der Waals surface area contributed by atoms with Crippen molar-refractivity contribution in [3.63, 3.8) is 0 Å². The molecule has 4 N–H and O–H groups in total. The number of nitriles is 1. The van der Waals surface area contributed by atoms with Crippen LogP contribution in [-0.4, -0.2) is 23.7 Å². The summed E-state index contributed by atoms with van der Waals surface area (Å²) in [7, 11) is 1.23. The number of benzene rings is 1. The zero-order chi connectivity index (χ0) is 16.6. The molecule has 0 fully saturated rings. The van der Waals surface area contributed by atoms with Crippen LogP contribution in [0.2, 0.25) is 0 Å². The first-order valence-electron chi connectivity index (χ1n) is 6.73. The lowest BCUT2D eigenvalue weighted by molar-refractivity contribution is 0.0593. The van der Waals surface area contributed by atoms with E-state index in [1.54, 1.807) is 12.1 Å². The molecule has 1 aliphatic rings. The van der Waals surface area contributed by atoms with Crippen molar-refractivity contribution in [3.05, 3.63) is 41.2 Å². The second-order valence-corrected chi connectivity index (χ2v) is 4.90. The van der Waals surface area contributed by atoms with Crippen molar-refractivity contribution in [2.75, 3.05) is 18.2 Å². The highest BCUT2D eigenvalue weighted by Gasteiger charge is 2.25. The van der Waals surface area contributed by atoms with E-state index < -0.39 is 5.97 Å². The third kappa shape index (κ3) is 2.24. The Morgan fingerprint density at radius 1 is 1.48 bits per heavy atom. The summed E-state index contributed by atoms with van der Waals surface area (Å²) in [4.78, 5) is 23.7. The molecule has 2 heterocycles. The van der Waals surface area contributed by atoms with Crippen LogP contribution in [0.5, 0.6) is 0 Å². The fourth-order valence-electron chi connectivity index (χ4n) is 2.52. The minimum absolute atomic E-state index is 0.0391. The van der Waals surface area contributed by atoms with Gasteiger partial charge in [-0.25, -0.2) is 9.59 Å². The number of nitrogens with one attached hydrogen (secondary N) is 2. The molecule has 0 spiro atoms. The number of nitrogens with zero attached hydrogens (tertiary/aromatic N) is 2. The zero-order valence-corrected chi connectivity index (χ0v) is 12.2. The smallest absolute Gasteiger partial charge is 0.357 e. The minimum Gasteiger partial charge on any atom is -0.464 e. The number of ether oxygens (including phenoxy) is 1. The van der Waals surface area contributed by atoms with Gasteiger partial charge in [0.1, 0.15) is 6.07 Å². The van der Waals surface area contributed by atoms with E-state index in [9.17, 15) is 9.59 Å². The number of methoxy groups -OCH3 is 1. The van der Waals surface area contributed by atoms with Gasteiger partial charge < -0.3 is 25.7 Å². The fourth-order valence-corrected chi connectivity index (χ4v) is 2.52. The van der Waals surface area contributed by atoms with Crippen molar-refractivity contribution < 1.29 is 14.3 Å². The number of carbonyl (C=O) groups excluding carboxylic acids is 2. The average Bonchev–Trinajstić information content (AvgIpc) is 2.90. The molecular weight excluding hydrogens is 298 g/mol. The number of para-hydroxylation sites is 1. The van der Waals surface area contributed by atoms with E-state index in [-0.39, 0.29) is 23.0 Å². The van der Waals surface area contributed by atoms with Crippen molar-refractivity contribution in [3.8, 4) is 11.8 Å². The topological polar surface area (TPSA) is 122 Å². The predicted octanol–water partition coefficient (Wildman–Crippen LogP) is 1.35. The number of urea groups is 1. The fraction of sp³-hybridized carbons (Fsp3) is 0.133. The highest BCUT2D eigenvalue weighted by molar-refractivity contribution is 5.98. The molecule has 1 aliphatic heterocycles. The number of hydrogen-bond acceptors (Lipinski definition) is 5. The standard InChI is InChI=1S/C15H13N5O3/c1-23-14(21)13-11(17)9(5-16)7-20(13)10-4-2-3-8-6-18-15(22)19-12(8)10/h2-4,7H,6,17H2,1H3,(H2,18,19,22). The molecule has 23 heavy (non-hydrogen) atoms. The number of aromatic nitrogens is 1. The van der Waals surface area contributed by atoms with Gasteiger partial charge >= 0.3 is 12.0 Å². The van der Waals surface area contributed by atoms with E-state index in [1.807, 2.05) is 12.1 Å². The van der Waals surface area contributed by atoms with Crippen LogP contribution in [0.3, 0.4) is 0 Å². The number of carbonyl (C=O) groups is 2. The summed E-state index contributed by atoms with van der Waals surface area (Å²) in [5.74, 6) is -0.665. The number of amides is 2. The zero-order valence-electron chi connectivity index (χ0n) is 12.2. The second-order valence-electron chi connectivity index (χ2n) is 4.90. The molecular formula is C15H13N5O3. The van der Waals surface area contributed by atoms with Crippen molar-refractivity contribution in [1.82, 2.24) is 9.88 Å². The number of esters is 1. The lowest BCUT2D eigenvalue weighted by Gasteiger charge is -2.22. The molecule has 0 saturated heterocycles. The van der Waals surface area contributed by atoms with Gasteiger partial charge in [-0.1, -0.05) is 12.1 Å². The highest BCUT2D eigenvalue weighted by Crippen LogP contribution is 2.32. The van der Waals surface area contributed by atoms with Crippen molar-refractivity contribution in [2.45, 2.75) is 6.54 Å². The number of fused-ring (bicyclic) bond motifs is 1. The Balaban J connectivity index is 2.26. The molecule has 0 unspecified atom stereocenters. The molecule has 1 aromatic carbocycles. The lowest BCUT2D eigenvalue weighted by atomic mass is 10.1. The first-order valence-corrected chi connectivity index (χ1v) is 6.73. The normalized spacial score (nSPS) is 12.6. The summed E-state index contributed by atoms with van der Waals surface area (Å²) in [6.45, 7) is 0.365. The number of anilines is 2. The van der Waals surface area contributed by atoms with Crippen LogP contribution in [0.1, 0.15) is 21.6 Å². The first-order chi connectivity index (χ1) is 11.1. The molecule has 0 radical (unpaired) electrons. The Morgan fingerprint density at radius 3 is 2.96 bits per heavy atom. The van der Waals surface area contributed by atoms with E-state index >= 15 is 0 Å². The molecule has 116 valence electrons. The van der Waals surface area contributed by atoms with Gasteiger partial charge in [0.25, 0.3) is 0 Å². The van der Waals surface area contributed by atoms with E-state index in [4.69, 9.17) is 15.7 Å². The molecule has 0 bridgehead atoms. The average molecular weight is 311 g/mol. The SMILES string of the molecule is COC(=O)c1c(N)c(C#N)cn1-c1cccc2c1NC(=O)NC2. The molecule has 0 saturated carbocycles. The number of nitrogen functional groups attached to an aromatic ring is 1. The molecule has 0 aliphatic carbocycles. The molecule has 2 amide bonds. The van der Waals surface area contributed by atoms with Gasteiger partial charge in [0.15, 0.2) is 5.69 Å². The van der Waals surface area contributed by atoms with E-state index in [0.29, 0.717) is 17.9 Å². The van der Waals surface area contributed by atoms with Gasteiger partial charge in [-0.15, -0.1) is 0 Å². The molecule has 8 heteroatoms. The summed E-state index contributed by atoms with van der Waals surface area (Å²) in [6.07, 6.45) is 1.45. The molecule has 8 nitrogen and oxygen atoms in total. The molecule has 2 aromatic rings. The Labute approximate surface area is 131 Å². The third-order valence-electron chi connectivity index (χ3n) is 3.61. The van der Waals surface area contributed by atoms with Crippen LogP contribution in [0, 0.1) is 11.3 Å². The maximum absolute atomic E-state index is 12.1. The van der Waals surface area contributed by atoms with Gasteiger partial charge in [-0.3, -0.25) is 0 Å². The maximum atomic E-state index is 12.1. The number of nitrogens with two attached hydrogens (primary N) is 1. The van der Waals surface area contributed by atoms with Crippen LogP contribution in [-0.2, 0) is 11.3 Å². The summed E-state index contributed by atoms with van der Waals surface area (Å²) < 4.78 is 6.22. The minimum atomic E-state index is -0.665. The molecule has 0 atom stereocenters. The van der Waals surface area contributed by atoms with Crippen LogP contribution >= 0.6 is 0 Å². The van der Waals surface area contributed by atoms with E-state index in [1.165, 1.54) is 17.9 Å². The van der Waals surface area contributed by atoms with Crippen molar-refractivity contribution in [2.24, 2.45) is 0 Å². The summed E-state index contributed by atoms with van der Waals surface area (Å²) >= 11 is 0. The quantitative estimate of drug-likeness (QED) is 0.723. The van der Waals surface area contributed by atoms with Crippen molar-refractivity contribution in [1.29, 1.82) is 5.26 Å². The largest absolute Gasteiger partial charge is 0.464 e. The van der Waals surface area contributed by atoms with Gasteiger partial charge in [0.05, 0.1) is 29.7 Å². The summed E-state index contributed by atoms with van der Waals surface area (Å²) in [6, 6.07) is 6.95.